The van der Waals surface area contributed by atoms with Crippen LogP contribution in [-0.4, -0.2) is 36.6 Å². The van der Waals surface area contributed by atoms with E-state index in [1.54, 1.807) is 0 Å². The number of rotatable bonds is 6. The molecule has 1 saturated heterocycles. The van der Waals surface area contributed by atoms with Crippen molar-refractivity contribution in [3.05, 3.63) is 0 Å². The Kier molecular flexibility index (Phi) is 3.72. The highest BCUT2D eigenvalue weighted by molar-refractivity contribution is 4.90. The van der Waals surface area contributed by atoms with Crippen LogP contribution in [0.5, 0.6) is 0 Å². The van der Waals surface area contributed by atoms with Gasteiger partial charge in [-0.15, -0.1) is 0 Å². The first-order valence-corrected chi connectivity index (χ1v) is 7.78. The zero-order chi connectivity index (χ0) is 11.7. The highest BCUT2D eigenvalue weighted by Crippen LogP contribution is 2.32. The van der Waals surface area contributed by atoms with Gasteiger partial charge < -0.3 is 10.2 Å². The molecule has 0 spiro atoms. The first-order chi connectivity index (χ1) is 8.31. The van der Waals surface area contributed by atoms with Crippen molar-refractivity contribution >= 4 is 0 Å². The third kappa shape index (κ3) is 3.23. The molecule has 1 N–H and O–H groups in total. The summed E-state index contributed by atoms with van der Waals surface area (Å²) in [7, 11) is 0. The summed E-state index contributed by atoms with van der Waals surface area (Å²) in [5.41, 5.74) is 0. The van der Waals surface area contributed by atoms with Gasteiger partial charge in [-0.2, -0.15) is 0 Å². The van der Waals surface area contributed by atoms with Crippen LogP contribution in [0.2, 0.25) is 0 Å². The molecule has 3 rings (SSSR count). The van der Waals surface area contributed by atoms with E-state index in [2.05, 4.69) is 17.1 Å². The minimum atomic E-state index is 0.746. The maximum atomic E-state index is 3.78. The first-order valence-electron chi connectivity index (χ1n) is 7.78. The Balaban J connectivity index is 1.30. The van der Waals surface area contributed by atoms with Gasteiger partial charge in [0.1, 0.15) is 0 Å². The molecule has 2 saturated carbocycles. The molecule has 0 bridgehead atoms. The Hall–Kier alpha value is -0.0800. The predicted octanol–water partition coefficient (Wildman–Crippen LogP) is 2.64. The van der Waals surface area contributed by atoms with Crippen LogP contribution in [0.3, 0.4) is 0 Å². The fourth-order valence-electron chi connectivity index (χ4n) is 3.48. The highest BCUT2D eigenvalue weighted by atomic mass is 15.2. The average Bonchev–Trinajstić information content (AvgIpc) is 3.01. The summed E-state index contributed by atoms with van der Waals surface area (Å²) in [6, 6.07) is 1.72. The lowest BCUT2D eigenvalue weighted by Gasteiger charge is -2.29. The van der Waals surface area contributed by atoms with Gasteiger partial charge in [-0.05, 0) is 57.5 Å². The van der Waals surface area contributed by atoms with Gasteiger partial charge in [0, 0.05) is 18.6 Å². The summed E-state index contributed by atoms with van der Waals surface area (Å²) >= 11 is 0. The molecule has 3 aliphatic rings. The number of likely N-dealkylation sites (tertiary alicyclic amines) is 1. The van der Waals surface area contributed by atoms with E-state index < -0.39 is 0 Å². The van der Waals surface area contributed by atoms with E-state index in [0.29, 0.717) is 0 Å². The van der Waals surface area contributed by atoms with Crippen LogP contribution in [0.15, 0.2) is 0 Å². The lowest BCUT2D eigenvalue weighted by atomic mass is 9.81. The Morgan fingerprint density at radius 3 is 2.59 bits per heavy atom. The largest absolute Gasteiger partial charge is 0.314 e. The van der Waals surface area contributed by atoms with E-state index in [1.807, 2.05) is 0 Å². The van der Waals surface area contributed by atoms with Crippen molar-refractivity contribution in [2.24, 2.45) is 11.8 Å². The topological polar surface area (TPSA) is 15.3 Å². The molecule has 0 aromatic heterocycles. The SMILES string of the molecule is CC(CC1CCC1)NCC1CCN(C2CC2)C1. The van der Waals surface area contributed by atoms with Crippen molar-refractivity contribution in [3.8, 4) is 0 Å². The van der Waals surface area contributed by atoms with Crippen molar-refractivity contribution in [2.75, 3.05) is 19.6 Å². The lowest BCUT2D eigenvalue weighted by Crippen LogP contribution is -2.35. The van der Waals surface area contributed by atoms with Crippen LogP contribution in [0.1, 0.15) is 51.9 Å². The monoisotopic (exact) mass is 236 g/mol. The summed E-state index contributed by atoms with van der Waals surface area (Å²) in [5, 5.41) is 3.78. The molecule has 2 unspecified atom stereocenters. The van der Waals surface area contributed by atoms with Crippen LogP contribution in [-0.2, 0) is 0 Å². The molecule has 98 valence electrons. The molecule has 3 fully saturated rings. The Morgan fingerprint density at radius 2 is 1.94 bits per heavy atom. The van der Waals surface area contributed by atoms with Gasteiger partial charge in [-0.25, -0.2) is 0 Å². The van der Waals surface area contributed by atoms with Gasteiger partial charge in [-0.1, -0.05) is 19.3 Å². The smallest absolute Gasteiger partial charge is 0.00965 e. The Morgan fingerprint density at radius 1 is 1.12 bits per heavy atom. The molecule has 2 heteroatoms. The second-order valence-corrected chi connectivity index (χ2v) is 6.72. The second kappa shape index (κ2) is 5.27. The van der Waals surface area contributed by atoms with Gasteiger partial charge in [0.25, 0.3) is 0 Å². The van der Waals surface area contributed by atoms with Gasteiger partial charge >= 0.3 is 0 Å². The molecule has 1 heterocycles. The molecule has 1 aliphatic heterocycles. The van der Waals surface area contributed by atoms with Gasteiger partial charge in [0.05, 0.1) is 0 Å². The van der Waals surface area contributed by atoms with E-state index in [1.165, 1.54) is 64.6 Å². The van der Waals surface area contributed by atoms with E-state index >= 15 is 0 Å². The Labute approximate surface area is 106 Å². The molecular formula is C15H28N2. The summed E-state index contributed by atoms with van der Waals surface area (Å²) < 4.78 is 0. The molecule has 2 atom stereocenters. The minimum Gasteiger partial charge on any atom is -0.314 e. The molecule has 17 heavy (non-hydrogen) atoms. The summed E-state index contributed by atoms with van der Waals surface area (Å²) in [4.78, 5) is 2.73. The van der Waals surface area contributed by atoms with Gasteiger partial charge in [0.2, 0.25) is 0 Å². The predicted molar refractivity (Wildman–Crippen MR) is 72.1 cm³/mol. The van der Waals surface area contributed by atoms with Crippen LogP contribution in [0.25, 0.3) is 0 Å². The maximum Gasteiger partial charge on any atom is 0.00965 e. The summed E-state index contributed by atoms with van der Waals surface area (Å²) in [5.74, 6) is 1.98. The van der Waals surface area contributed by atoms with Gasteiger partial charge in [0.15, 0.2) is 0 Å². The van der Waals surface area contributed by atoms with E-state index in [0.717, 1.165) is 23.9 Å². The number of hydrogen-bond donors (Lipinski definition) is 1. The zero-order valence-corrected chi connectivity index (χ0v) is 11.3. The van der Waals surface area contributed by atoms with Crippen molar-refractivity contribution < 1.29 is 0 Å². The number of hydrogen-bond acceptors (Lipinski definition) is 2. The van der Waals surface area contributed by atoms with Crippen molar-refractivity contribution in [1.82, 2.24) is 10.2 Å². The second-order valence-electron chi connectivity index (χ2n) is 6.72. The normalized spacial score (nSPS) is 32.6. The third-order valence-corrected chi connectivity index (χ3v) is 5.05. The zero-order valence-electron chi connectivity index (χ0n) is 11.3. The van der Waals surface area contributed by atoms with E-state index in [9.17, 15) is 0 Å². The van der Waals surface area contributed by atoms with E-state index in [-0.39, 0.29) is 0 Å². The standard InChI is InChI=1S/C15H28N2/c1-12(9-13-3-2-4-13)16-10-14-7-8-17(11-14)15-5-6-15/h12-16H,2-11H2,1H3. The number of nitrogens with zero attached hydrogens (tertiary/aromatic N) is 1. The Bertz CT molecular complexity index is 245. The first kappa shape index (κ1) is 12.0. The molecule has 0 amide bonds. The molecule has 0 radical (unpaired) electrons. The van der Waals surface area contributed by atoms with Crippen LogP contribution in [0, 0.1) is 11.8 Å². The molecule has 2 nitrogen and oxygen atoms in total. The molecule has 2 aliphatic carbocycles. The highest BCUT2D eigenvalue weighted by Gasteiger charge is 2.34. The van der Waals surface area contributed by atoms with E-state index in [4.69, 9.17) is 0 Å². The third-order valence-electron chi connectivity index (χ3n) is 5.05. The van der Waals surface area contributed by atoms with Crippen molar-refractivity contribution in [3.63, 3.8) is 0 Å². The van der Waals surface area contributed by atoms with Crippen molar-refractivity contribution in [1.29, 1.82) is 0 Å². The van der Waals surface area contributed by atoms with Crippen molar-refractivity contribution in [2.45, 2.75) is 64.0 Å². The maximum absolute atomic E-state index is 3.78. The summed E-state index contributed by atoms with van der Waals surface area (Å²) in [6.07, 6.45) is 10.3. The minimum absolute atomic E-state index is 0.746. The van der Waals surface area contributed by atoms with Crippen LogP contribution in [0.4, 0.5) is 0 Å². The fraction of sp³-hybridized carbons (Fsp3) is 1.00. The lowest BCUT2D eigenvalue weighted by molar-refractivity contribution is 0.259. The molecule has 0 aromatic rings. The average molecular weight is 236 g/mol. The molecular weight excluding hydrogens is 208 g/mol. The van der Waals surface area contributed by atoms with Gasteiger partial charge in [-0.3, -0.25) is 0 Å². The number of nitrogens with one attached hydrogen (secondary N) is 1. The quantitative estimate of drug-likeness (QED) is 0.763. The fourth-order valence-corrected chi connectivity index (χ4v) is 3.48. The molecule has 0 aromatic carbocycles. The summed E-state index contributed by atoms with van der Waals surface area (Å²) in [6.45, 7) is 6.38. The van der Waals surface area contributed by atoms with Crippen LogP contribution >= 0.6 is 0 Å². The van der Waals surface area contributed by atoms with Crippen LogP contribution < -0.4 is 5.32 Å².